The van der Waals surface area contributed by atoms with Crippen LogP contribution in [0.1, 0.15) is 22.8 Å². The van der Waals surface area contributed by atoms with Crippen molar-refractivity contribution in [3.05, 3.63) is 114 Å². The minimum Gasteiger partial charge on any atom is -0.397 e. The summed E-state index contributed by atoms with van der Waals surface area (Å²) < 4.78 is 0. The van der Waals surface area contributed by atoms with Crippen molar-refractivity contribution >= 4 is 5.69 Å². The van der Waals surface area contributed by atoms with Gasteiger partial charge in [-0.2, -0.15) is 0 Å². The van der Waals surface area contributed by atoms with E-state index in [0.717, 1.165) is 22.8 Å². The first kappa shape index (κ1) is 24.4. The minimum absolute atomic E-state index is 0.438. The second-order valence-electron chi connectivity index (χ2n) is 8.50. The fourth-order valence-electron chi connectivity index (χ4n) is 3.98. The van der Waals surface area contributed by atoms with E-state index in [1.807, 2.05) is 66.7 Å². The number of hydrogen-bond acceptors (Lipinski definition) is 8. The number of aromatic nitrogens is 4. The third-order valence-electron chi connectivity index (χ3n) is 5.57. The van der Waals surface area contributed by atoms with Crippen LogP contribution in [0.3, 0.4) is 0 Å². The minimum atomic E-state index is -0.615. The lowest BCUT2D eigenvalue weighted by atomic mass is 10.2. The van der Waals surface area contributed by atoms with Gasteiger partial charge in [-0.3, -0.25) is 29.7 Å². The van der Waals surface area contributed by atoms with Gasteiger partial charge in [-0.05, 0) is 48.5 Å². The second-order valence-corrected chi connectivity index (χ2v) is 8.50. The van der Waals surface area contributed by atoms with Crippen LogP contribution in [-0.4, -0.2) is 54.0 Å². The van der Waals surface area contributed by atoms with Crippen LogP contribution in [0.5, 0.6) is 0 Å². The zero-order chi connectivity index (χ0) is 24.3. The van der Waals surface area contributed by atoms with Gasteiger partial charge < -0.3 is 10.8 Å². The molecular formula is C27H31N7O. The molecule has 4 heterocycles. The number of nitrogen functional groups attached to an aromatic ring is 1. The lowest BCUT2D eigenvalue weighted by Gasteiger charge is -2.29. The van der Waals surface area contributed by atoms with Crippen LogP contribution in [0.2, 0.25) is 0 Å². The predicted molar refractivity (Wildman–Crippen MR) is 136 cm³/mol. The zero-order valence-corrected chi connectivity index (χ0v) is 19.7. The average molecular weight is 470 g/mol. The molecule has 0 spiro atoms. The summed E-state index contributed by atoms with van der Waals surface area (Å²) >= 11 is 0. The lowest BCUT2D eigenvalue weighted by Crippen LogP contribution is -2.40. The maximum absolute atomic E-state index is 11.2. The highest BCUT2D eigenvalue weighted by molar-refractivity contribution is 5.41. The maximum Gasteiger partial charge on any atom is 0.0794 e. The highest BCUT2D eigenvalue weighted by Crippen LogP contribution is 2.14. The van der Waals surface area contributed by atoms with E-state index >= 15 is 0 Å². The molecule has 0 saturated carbocycles. The van der Waals surface area contributed by atoms with Gasteiger partial charge in [0.15, 0.2) is 0 Å². The SMILES string of the molecule is Nc1cccnc1CN(Cc1ccccn1)CC(O)CN(Cc1ccccn1)Cc1ccccn1. The van der Waals surface area contributed by atoms with E-state index in [1.54, 1.807) is 24.8 Å². The normalized spacial score (nSPS) is 12.2. The van der Waals surface area contributed by atoms with Crippen LogP contribution in [0.25, 0.3) is 0 Å². The first-order valence-electron chi connectivity index (χ1n) is 11.7. The molecule has 0 aliphatic heterocycles. The van der Waals surface area contributed by atoms with Gasteiger partial charge in [0.2, 0.25) is 0 Å². The summed E-state index contributed by atoms with van der Waals surface area (Å²) in [6.07, 6.45) is 6.48. The molecule has 0 radical (unpaired) electrons. The van der Waals surface area contributed by atoms with Crippen molar-refractivity contribution in [3.63, 3.8) is 0 Å². The molecule has 4 aromatic heterocycles. The fraction of sp³-hybridized carbons (Fsp3) is 0.259. The molecule has 1 unspecified atom stereocenters. The van der Waals surface area contributed by atoms with Crippen LogP contribution >= 0.6 is 0 Å². The van der Waals surface area contributed by atoms with E-state index in [9.17, 15) is 5.11 Å². The molecule has 3 N–H and O–H groups in total. The molecule has 4 rings (SSSR count). The Morgan fingerprint density at radius 3 is 1.49 bits per heavy atom. The van der Waals surface area contributed by atoms with Crippen LogP contribution in [0.4, 0.5) is 5.69 Å². The number of aliphatic hydroxyl groups excluding tert-OH is 1. The Labute approximate surface area is 206 Å². The van der Waals surface area contributed by atoms with Crippen LogP contribution in [0.15, 0.2) is 91.5 Å². The van der Waals surface area contributed by atoms with Crippen molar-refractivity contribution in [2.75, 3.05) is 18.8 Å². The lowest BCUT2D eigenvalue weighted by molar-refractivity contribution is 0.0615. The topological polar surface area (TPSA) is 104 Å². The first-order chi connectivity index (χ1) is 17.2. The Bertz CT molecular complexity index is 1100. The Balaban J connectivity index is 1.47. The molecule has 8 heteroatoms. The Kier molecular flexibility index (Phi) is 8.83. The largest absolute Gasteiger partial charge is 0.397 e. The third-order valence-corrected chi connectivity index (χ3v) is 5.57. The molecule has 0 amide bonds. The van der Waals surface area contributed by atoms with Crippen LogP contribution in [0, 0.1) is 0 Å². The van der Waals surface area contributed by atoms with Crippen molar-refractivity contribution in [2.24, 2.45) is 0 Å². The van der Waals surface area contributed by atoms with Gasteiger partial charge in [0.1, 0.15) is 0 Å². The number of nitrogens with two attached hydrogens (primary N) is 1. The number of nitrogens with zero attached hydrogens (tertiary/aromatic N) is 6. The number of aliphatic hydroxyl groups is 1. The molecule has 0 saturated heterocycles. The number of anilines is 1. The van der Waals surface area contributed by atoms with Crippen molar-refractivity contribution in [1.82, 2.24) is 29.7 Å². The third kappa shape index (κ3) is 7.92. The van der Waals surface area contributed by atoms with Gasteiger partial charge >= 0.3 is 0 Å². The van der Waals surface area contributed by atoms with E-state index in [0.29, 0.717) is 45.0 Å². The quantitative estimate of drug-likeness (QED) is 0.326. The molecule has 1 atom stereocenters. The van der Waals surface area contributed by atoms with E-state index < -0.39 is 6.10 Å². The van der Waals surface area contributed by atoms with Crippen molar-refractivity contribution in [3.8, 4) is 0 Å². The maximum atomic E-state index is 11.2. The molecule has 180 valence electrons. The summed E-state index contributed by atoms with van der Waals surface area (Å²) in [6, 6.07) is 21.3. The highest BCUT2D eigenvalue weighted by Gasteiger charge is 2.19. The first-order valence-corrected chi connectivity index (χ1v) is 11.7. The van der Waals surface area contributed by atoms with Crippen molar-refractivity contribution in [2.45, 2.75) is 32.3 Å². The monoisotopic (exact) mass is 469 g/mol. The van der Waals surface area contributed by atoms with Gasteiger partial charge in [-0.1, -0.05) is 18.2 Å². The molecule has 0 aromatic carbocycles. The van der Waals surface area contributed by atoms with Gasteiger partial charge in [0, 0.05) is 64.1 Å². The second kappa shape index (κ2) is 12.7. The van der Waals surface area contributed by atoms with E-state index in [1.165, 1.54) is 0 Å². The molecule has 4 aromatic rings. The molecule has 0 fully saturated rings. The van der Waals surface area contributed by atoms with Crippen molar-refractivity contribution in [1.29, 1.82) is 0 Å². The zero-order valence-electron chi connectivity index (χ0n) is 19.7. The molecular weight excluding hydrogens is 438 g/mol. The standard InChI is InChI=1S/C27H31N7O/c28-26-11-7-15-32-27(26)21-34(18-24-10-3-6-14-31-24)20-25(35)19-33(16-22-8-1-4-12-29-22)17-23-9-2-5-13-30-23/h1-15,25,35H,16-21,28H2. The predicted octanol–water partition coefficient (Wildman–Crippen LogP) is 2.91. The average Bonchev–Trinajstić information content (AvgIpc) is 2.87. The Morgan fingerprint density at radius 2 is 1.06 bits per heavy atom. The van der Waals surface area contributed by atoms with Gasteiger partial charge in [-0.25, -0.2) is 0 Å². The van der Waals surface area contributed by atoms with Crippen LogP contribution < -0.4 is 5.73 Å². The van der Waals surface area contributed by atoms with E-state index in [-0.39, 0.29) is 0 Å². The smallest absolute Gasteiger partial charge is 0.0794 e. The number of pyridine rings is 4. The molecule has 8 nitrogen and oxygen atoms in total. The molecule has 0 bridgehead atoms. The summed E-state index contributed by atoms with van der Waals surface area (Å²) in [4.78, 5) is 22.1. The van der Waals surface area contributed by atoms with Gasteiger partial charge in [0.25, 0.3) is 0 Å². The number of hydrogen-bond donors (Lipinski definition) is 2. The molecule has 0 aliphatic carbocycles. The Hall–Kier alpha value is -3.72. The molecule has 35 heavy (non-hydrogen) atoms. The summed E-state index contributed by atoms with van der Waals surface area (Å²) in [5.41, 5.74) is 10.4. The molecule has 0 aliphatic rings. The summed E-state index contributed by atoms with van der Waals surface area (Å²) in [5, 5.41) is 11.2. The van der Waals surface area contributed by atoms with E-state index in [4.69, 9.17) is 5.73 Å². The fourth-order valence-corrected chi connectivity index (χ4v) is 3.98. The summed E-state index contributed by atoms with van der Waals surface area (Å²) in [5.74, 6) is 0. The highest BCUT2D eigenvalue weighted by atomic mass is 16.3. The Morgan fingerprint density at radius 1 is 0.600 bits per heavy atom. The number of rotatable bonds is 12. The van der Waals surface area contributed by atoms with Crippen LogP contribution in [-0.2, 0) is 26.2 Å². The van der Waals surface area contributed by atoms with Gasteiger partial charge in [-0.15, -0.1) is 0 Å². The van der Waals surface area contributed by atoms with E-state index in [2.05, 4.69) is 29.7 Å². The van der Waals surface area contributed by atoms with Crippen molar-refractivity contribution < 1.29 is 5.11 Å². The van der Waals surface area contributed by atoms with Gasteiger partial charge in [0.05, 0.1) is 34.6 Å². The summed E-state index contributed by atoms with van der Waals surface area (Å²) in [6.45, 7) is 3.22. The summed E-state index contributed by atoms with van der Waals surface area (Å²) in [7, 11) is 0.